The second kappa shape index (κ2) is 13.0. The van der Waals surface area contributed by atoms with E-state index >= 15 is 0 Å². The topological polar surface area (TPSA) is 162 Å². The van der Waals surface area contributed by atoms with Gasteiger partial charge in [0.25, 0.3) is 0 Å². The van der Waals surface area contributed by atoms with E-state index in [0.29, 0.717) is 12.8 Å². The molecule has 12 heteroatoms. The molecule has 0 aromatic heterocycles. The summed E-state index contributed by atoms with van der Waals surface area (Å²) in [7, 11) is 0. The van der Waals surface area contributed by atoms with Crippen LogP contribution in [-0.4, -0.2) is 83.4 Å². The van der Waals surface area contributed by atoms with E-state index in [0.717, 1.165) is 0 Å². The molecule has 35 heavy (non-hydrogen) atoms. The van der Waals surface area contributed by atoms with E-state index in [-0.39, 0.29) is 93.2 Å². The van der Waals surface area contributed by atoms with Crippen molar-refractivity contribution >= 4 is 41.4 Å². The minimum absolute atomic E-state index is 0.00829. The number of amides is 7. The third kappa shape index (κ3) is 8.15. The van der Waals surface area contributed by atoms with Crippen molar-refractivity contribution in [3.8, 4) is 0 Å². The van der Waals surface area contributed by atoms with Crippen LogP contribution in [0.25, 0.3) is 0 Å². The van der Waals surface area contributed by atoms with Crippen LogP contribution in [0.2, 0.25) is 0 Å². The standard InChI is InChI=1S/C23H35N5O7/c1-14-12-19(31)27(22(14)34)10-4-8-24-18(30)7-6-17(26-16(3)29)21(33)25-9-5-11-28-20(32)13-15(2)23(28)35/h14-15,17H,4-13H2,1-3H3,(H,24,30)(H,25,33)(H,26,29)/t14-,15?,17+/m1/s1. The van der Waals surface area contributed by atoms with Gasteiger partial charge in [-0.1, -0.05) is 13.8 Å². The van der Waals surface area contributed by atoms with Gasteiger partial charge >= 0.3 is 0 Å². The van der Waals surface area contributed by atoms with Crippen molar-refractivity contribution in [2.75, 3.05) is 26.2 Å². The predicted octanol–water partition coefficient (Wildman–Crippen LogP) is -0.926. The third-order valence-electron chi connectivity index (χ3n) is 6.03. The molecule has 0 spiro atoms. The monoisotopic (exact) mass is 493 g/mol. The summed E-state index contributed by atoms with van der Waals surface area (Å²) >= 11 is 0. The van der Waals surface area contributed by atoms with Gasteiger partial charge in [-0.25, -0.2) is 0 Å². The fourth-order valence-electron chi connectivity index (χ4n) is 4.08. The van der Waals surface area contributed by atoms with Gasteiger partial charge in [0.2, 0.25) is 41.4 Å². The van der Waals surface area contributed by atoms with Crippen molar-refractivity contribution in [2.45, 2.75) is 65.3 Å². The fourth-order valence-corrected chi connectivity index (χ4v) is 4.08. The molecule has 0 aliphatic carbocycles. The van der Waals surface area contributed by atoms with Crippen molar-refractivity contribution in [1.82, 2.24) is 25.8 Å². The van der Waals surface area contributed by atoms with E-state index in [9.17, 15) is 33.6 Å². The van der Waals surface area contributed by atoms with Gasteiger partial charge in [-0.3, -0.25) is 43.4 Å². The summed E-state index contributed by atoms with van der Waals surface area (Å²) in [5, 5.41) is 7.88. The first-order chi connectivity index (χ1) is 16.5. The molecule has 0 aromatic carbocycles. The first kappa shape index (κ1) is 27.9. The van der Waals surface area contributed by atoms with Gasteiger partial charge in [-0.05, 0) is 19.3 Å². The Kier molecular flexibility index (Phi) is 10.3. The van der Waals surface area contributed by atoms with Crippen molar-refractivity contribution in [3.63, 3.8) is 0 Å². The Balaban J connectivity index is 1.68. The van der Waals surface area contributed by atoms with Gasteiger partial charge in [0.05, 0.1) is 0 Å². The molecular formula is C23H35N5O7. The molecule has 194 valence electrons. The van der Waals surface area contributed by atoms with E-state index < -0.39 is 17.9 Å². The highest BCUT2D eigenvalue weighted by Crippen LogP contribution is 2.19. The number of carbonyl (C=O) groups is 7. The van der Waals surface area contributed by atoms with Crippen LogP contribution in [0.5, 0.6) is 0 Å². The predicted molar refractivity (Wildman–Crippen MR) is 123 cm³/mol. The lowest BCUT2D eigenvalue weighted by atomic mass is 10.1. The highest BCUT2D eigenvalue weighted by Gasteiger charge is 2.35. The molecule has 12 nitrogen and oxygen atoms in total. The summed E-state index contributed by atoms with van der Waals surface area (Å²) in [6, 6.07) is -0.908. The minimum Gasteiger partial charge on any atom is -0.356 e. The average Bonchev–Trinajstić information content (AvgIpc) is 3.18. The SMILES string of the molecule is CC(=O)N[C@@H](CCC(=O)NCCCN1C(=O)C[C@@H](C)C1=O)C(=O)NCCCN1C(=O)CC(C)C1=O. The summed E-state index contributed by atoms with van der Waals surface area (Å²) in [5.74, 6) is -2.64. The largest absolute Gasteiger partial charge is 0.356 e. The Bertz CT molecular complexity index is 874. The van der Waals surface area contributed by atoms with Crippen LogP contribution in [0, 0.1) is 11.8 Å². The number of likely N-dealkylation sites (tertiary alicyclic amines) is 2. The summed E-state index contributed by atoms with van der Waals surface area (Å²) in [6.07, 6.45) is 1.29. The zero-order valence-corrected chi connectivity index (χ0v) is 20.6. The van der Waals surface area contributed by atoms with Crippen LogP contribution < -0.4 is 16.0 Å². The van der Waals surface area contributed by atoms with Gasteiger partial charge in [0.15, 0.2) is 0 Å². The molecule has 0 aromatic rings. The molecule has 2 fully saturated rings. The van der Waals surface area contributed by atoms with E-state index in [4.69, 9.17) is 0 Å². The molecule has 2 rings (SSSR count). The molecule has 3 atom stereocenters. The minimum atomic E-state index is -0.908. The highest BCUT2D eigenvalue weighted by atomic mass is 16.2. The van der Waals surface area contributed by atoms with Gasteiger partial charge in [0, 0.05) is 64.2 Å². The normalized spacial score (nSPS) is 20.9. The maximum absolute atomic E-state index is 12.5. The van der Waals surface area contributed by atoms with Crippen molar-refractivity contribution in [1.29, 1.82) is 0 Å². The van der Waals surface area contributed by atoms with Gasteiger partial charge in [-0.15, -0.1) is 0 Å². The molecule has 2 aliphatic heterocycles. The molecule has 2 aliphatic rings. The molecular weight excluding hydrogens is 458 g/mol. The molecule has 2 heterocycles. The van der Waals surface area contributed by atoms with E-state index in [1.165, 1.54) is 16.7 Å². The zero-order valence-electron chi connectivity index (χ0n) is 20.6. The first-order valence-corrected chi connectivity index (χ1v) is 12.0. The summed E-state index contributed by atoms with van der Waals surface area (Å²) in [6.45, 7) is 5.61. The van der Waals surface area contributed by atoms with Crippen LogP contribution in [0.3, 0.4) is 0 Å². The average molecular weight is 494 g/mol. The highest BCUT2D eigenvalue weighted by molar-refractivity contribution is 6.03. The number of hydrogen-bond acceptors (Lipinski definition) is 7. The molecule has 7 amide bonds. The van der Waals surface area contributed by atoms with Crippen LogP contribution >= 0.6 is 0 Å². The smallest absolute Gasteiger partial charge is 0.242 e. The maximum atomic E-state index is 12.5. The quantitative estimate of drug-likeness (QED) is 0.221. The molecule has 0 saturated carbocycles. The fraction of sp³-hybridized carbons (Fsp3) is 0.696. The van der Waals surface area contributed by atoms with E-state index in [1.54, 1.807) is 13.8 Å². The zero-order chi connectivity index (χ0) is 26.1. The van der Waals surface area contributed by atoms with Gasteiger partial charge in [0.1, 0.15) is 6.04 Å². The number of nitrogens with one attached hydrogen (secondary N) is 3. The van der Waals surface area contributed by atoms with Gasteiger partial charge in [-0.2, -0.15) is 0 Å². The van der Waals surface area contributed by atoms with E-state index in [2.05, 4.69) is 16.0 Å². The lowest BCUT2D eigenvalue weighted by Gasteiger charge is -2.19. The Morgan fingerprint density at radius 2 is 1.34 bits per heavy atom. The van der Waals surface area contributed by atoms with E-state index in [1.807, 2.05) is 0 Å². The first-order valence-electron chi connectivity index (χ1n) is 12.0. The molecule has 0 bridgehead atoms. The Hall–Kier alpha value is -3.31. The van der Waals surface area contributed by atoms with Crippen molar-refractivity contribution < 1.29 is 33.6 Å². The summed E-state index contributed by atoms with van der Waals surface area (Å²) in [4.78, 5) is 85.9. The van der Waals surface area contributed by atoms with Crippen LogP contribution in [0.1, 0.15) is 59.3 Å². The summed E-state index contributed by atoms with van der Waals surface area (Å²) < 4.78 is 0. The Morgan fingerprint density at radius 1 is 0.857 bits per heavy atom. The number of rotatable bonds is 13. The molecule has 3 N–H and O–H groups in total. The number of imide groups is 2. The summed E-state index contributed by atoms with van der Waals surface area (Å²) in [5.41, 5.74) is 0. The molecule has 2 saturated heterocycles. The number of carbonyl (C=O) groups excluding carboxylic acids is 7. The Morgan fingerprint density at radius 3 is 1.77 bits per heavy atom. The van der Waals surface area contributed by atoms with Crippen LogP contribution in [0.4, 0.5) is 0 Å². The lowest BCUT2D eigenvalue weighted by molar-refractivity contribution is -0.140. The van der Waals surface area contributed by atoms with Crippen molar-refractivity contribution in [2.24, 2.45) is 11.8 Å². The van der Waals surface area contributed by atoms with Crippen molar-refractivity contribution in [3.05, 3.63) is 0 Å². The van der Waals surface area contributed by atoms with Crippen LogP contribution in [-0.2, 0) is 33.6 Å². The second-order valence-electron chi connectivity index (χ2n) is 9.12. The van der Waals surface area contributed by atoms with Crippen LogP contribution in [0.15, 0.2) is 0 Å². The number of nitrogens with zero attached hydrogens (tertiary/aromatic N) is 2. The maximum Gasteiger partial charge on any atom is 0.242 e. The Labute approximate surface area is 204 Å². The lowest BCUT2D eigenvalue weighted by Crippen LogP contribution is -2.47. The number of hydrogen-bond donors (Lipinski definition) is 3. The molecule has 1 unspecified atom stereocenters. The van der Waals surface area contributed by atoms with Gasteiger partial charge < -0.3 is 16.0 Å². The second-order valence-corrected chi connectivity index (χ2v) is 9.12. The molecule has 0 radical (unpaired) electrons. The third-order valence-corrected chi connectivity index (χ3v) is 6.03.